The number of nitrogens with one attached hydrogen (secondary N) is 1. The maximum Gasteiger partial charge on any atom is 0.258 e. The molecule has 0 unspecified atom stereocenters. The first-order valence-corrected chi connectivity index (χ1v) is 5.55. The molecule has 0 aliphatic carbocycles. The highest BCUT2D eigenvalue weighted by molar-refractivity contribution is 6.29. The lowest BCUT2D eigenvalue weighted by Crippen LogP contribution is -2.16. The van der Waals surface area contributed by atoms with Gasteiger partial charge in [-0.2, -0.15) is 10.2 Å². The molecule has 2 rings (SSSR count). The number of aromatic nitrogens is 4. The van der Waals surface area contributed by atoms with Gasteiger partial charge in [-0.1, -0.05) is 11.6 Å². The first-order chi connectivity index (χ1) is 8.56. The lowest BCUT2D eigenvalue weighted by Gasteiger charge is -2.06. The number of aryl methyl sites for hydroxylation is 2. The zero-order valence-electron chi connectivity index (χ0n) is 9.81. The molecule has 1 amide bonds. The molecule has 6 nitrogen and oxygen atoms in total. The number of hydrogen-bond acceptors (Lipinski definition) is 5. The van der Waals surface area contributed by atoms with Crippen LogP contribution < -0.4 is 5.32 Å². The third kappa shape index (κ3) is 2.78. The van der Waals surface area contributed by atoms with Gasteiger partial charge in [-0.25, -0.2) is 0 Å². The fraction of sp³-hybridized carbons (Fsp3) is 0.182. The van der Waals surface area contributed by atoms with Crippen LogP contribution in [0.25, 0.3) is 0 Å². The minimum atomic E-state index is -0.304. The number of hydrogen-bond donors (Lipinski definition) is 1. The molecule has 92 valence electrons. The molecule has 2 aromatic rings. The Bertz CT molecular complexity index is 584. The Hall–Kier alpha value is -2.08. The van der Waals surface area contributed by atoms with Crippen LogP contribution in [0.5, 0.6) is 0 Å². The largest absolute Gasteiger partial charge is 0.305 e. The van der Waals surface area contributed by atoms with Crippen molar-refractivity contribution in [2.24, 2.45) is 0 Å². The molecule has 18 heavy (non-hydrogen) atoms. The van der Waals surface area contributed by atoms with E-state index in [0.717, 1.165) is 0 Å². The molecule has 0 saturated carbocycles. The fourth-order valence-corrected chi connectivity index (χ4v) is 1.45. The minimum absolute atomic E-state index is 0.269. The summed E-state index contributed by atoms with van der Waals surface area (Å²) in [5, 5.41) is 18.0. The second kappa shape index (κ2) is 5.05. The second-order valence-corrected chi connectivity index (χ2v) is 4.07. The third-order valence-electron chi connectivity index (χ3n) is 2.22. The summed E-state index contributed by atoms with van der Waals surface area (Å²) < 4.78 is 0. The number of nitrogens with zero attached hydrogens (tertiary/aromatic N) is 4. The molecule has 2 aromatic heterocycles. The van der Waals surface area contributed by atoms with E-state index in [1.165, 1.54) is 0 Å². The molecule has 0 aliphatic rings. The lowest BCUT2D eigenvalue weighted by atomic mass is 10.2. The fourth-order valence-electron chi connectivity index (χ4n) is 1.35. The summed E-state index contributed by atoms with van der Waals surface area (Å²) in [6.45, 7) is 3.49. The zero-order valence-corrected chi connectivity index (χ0v) is 10.6. The number of rotatable bonds is 2. The van der Waals surface area contributed by atoms with Crippen molar-refractivity contribution in [2.75, 3.05) is 5.32 Å². The average molecular weight is 264 g/mol. The smallest absolute Gasteiger partial charge is 0.258 e. The van der Waals surface area contributed by atoms with Crippen LogP contribution in [0.1, 0.15) is 21.7 Å². The maximum absolute atomic E-state index is 12.0. The summed E-state index contributed by atoms with van der Waals surface area (Å²) in [6, 6.07) is 4.79. The lowest BCUT2D eigenvalue weighted by molar-refractivity contribution is 0.102. The summed E-state index contributed by atoms with van der Waals surface area (Å²) in [7, 11) is 0. The SMILES string of the molecule is Cc1cc(C(=O)Nc2ccc(Cl)nn2)c(C)nn1. The molecule has 0 aliphatic heterocycles. The number of amides is 1. The summed E-state index contributed by atoms with van der Waals surface area (Å²) >= 11 is 5.61. The highest BCUT2D eigenvalue weighted by Crippen LogP contribution is 2.10. The number of anilines is 1. The highest BCUT2D eigenvalue weighted by atomic mass is 35.5. The highest BCUT2D eigenvalue weighted by Gasteiger charge is 2.12. The van der Waals surface area contributed by atoms with Gasteiger partial charge in [0.2, 0.25) is 0 Å². The maximum atomic E-state index is 12.0. The average Bonchev–Trinajstić information content (AvgIpc) is 2.35. The molecule has 7 heteroatoms. The molecule has 1 N–H and O–H groups in total. The van der Waals surface area contributed by atoms with Gasteiger partial charge in [0, 0.05) is 0 Å². The molecule has 0 saturated heterocycles. The van der Waals surface area contributed by atoms with Crippen LogP contribution >= 0.6 is 11.6 Å². The monoisotopic (exact) mass is 263 g/mol. The molecule has 0 aromatic carbocycles. The van der Waals surface area contributed by atoms with Crippen molar-refractivity contribution in [3.8, 4) is 0 Å². The van der Waals surface area contributed by atoms with Gasteiger partial charge in [-0.3, -0.25) is 4.79 Å². The first-order valence-electron chi connectivity index (χ1n) is 5.18. The Balaban J connectivity index is 2.21. The molecule has 2 heterocycles. The topological polar surface area (TPSA) is 80.7 Å². The Morgan fingerprint density at radius 3 is 2.61 bits per heavy atom. The van der Waals surface area contributed by atoms with Gasteiger partial charge >= 0.3 is 0 Å². The van der Waals surface area contributed by atoms with Crippen LogP contribution in [-0.4, -0.2) is 26.3 Å². The van der Waals surface area contributed by atoms with Gasteiger partial charge in [0.15, 0.2) is 11.0 Å². The van der Waals surface area contributed by atoms with Crippen LogP contribution in [-0.2, 0) is 0 Å². The Kier molecular flexibility index (Phi) is 3.47. The molecule has 0 atom stereocenters. The summed E-state index contributed by atoms with van der Waals surface area (Å²) in [5.74, 6) is 0.0281. The van der Waals surface area contributed by atoms with E-state index in [-0.39, 0.29) is 11.1 Å². The van der Waals surface area contributed by atoms with Gasteiger partial charge in [0.25, 0.3) is 5.91 Å². The van der Waals surface area contributed by atoms with Crippen molar-refractivity contribution in [3.05, 3.63) is 40.3 Å². The summed E-state index contributed by atoms with van der Waals surface area (Å²) in [4.78, 5) is 12.0. The van der Waals surface area contributed by atoms with Crippen LogP contribution in [0.15, 0.2) is 18.2 Å². The van der Waals surface area contributed by atoms with Crippen molar-refractivity contribution < 1.29 is 4.79 Å². The Morgan fingerprint density at radius 1 is 1.17 bits per heavy atom. The first kappa shape index (κ1) is 12.4. The zero-order chi connectivity index (χ0) is 13.1. The van der Waals surface area contributed by atoms with Crippen molar-refractivity contribution in [1.82, 2.24) is 20.4 Å². The Morgan fingerprint density at radius 2 is 1.94 bits per heavy atom. The predicted octanol–water partition coefficient (Wildman–Crippen LogP) is 1.79. The summed E-state index contributed by atoms with van der Waals surface area (Å²) in [6.07, 6.45) is 0. The van der Waals surface area contributed by atoms with E-state index in [1.807, 2.05) is 0 Å². The van der Waals surface area contributed by atoms with E-state index in [9.17, 15) is 4.79 Å². The van der Waals surface area contributed by atoms with E-state index in [1.54, 1.807) is 32.0 Å². The molecule has 0 bridgehead atoms. The normalized spacial score (nSPS) is 10.2. The number of carbonyl (C=O) groups excluding carboxylic acids is 1. The number of carbonyl (C=O) groups is 1. The van der Waals surface area contributed by atoms with Crippen LogP contribution in [0.3, 0.4) is 0 Å². The van der Waals surface area contributed by atoms with Gasteiger partial charge < -0.3 is 5.32 Å². The van der Waals surface area contributed by atoms with E-state index >= 15 is 0 Å². The van der Waals surface area contributed by atoms with Crippen molar-refractivity contribution in [1.29, 1.82) is 0 Å². The van der Waals surface area contributed by atoms with Gasteiger partial charge in [-0.05, 0) is 32.0 Å². The van der Waals surface area contributed by atoms with E-state index in [0.29, 0.717) is 22.8 Å². The van der Waals surface area contributed by atoms with E-state index in [4.69, 9.17) is 11.6 Å². The third-order valence-corrected chi connectivity index (χ3v) is 2.42. The van der Waals surface area contributed by atoms with E-state index in [2.05, 4.69) is 25.7 Å². The standard InChI is InChI=1S/C11H10ClN5O/c1-6-5-8(7(2)15-14-6)11(18)13-10-4-3-9(12)16-17-10/h3-5H,1-2H3,(H,13,17,18). The van der Waals surface area contributed by atoms with Gasteiger partial charge in [-0.15, -0.1) is 10.2 Å². The van der Waals surface area contributed by atoms with Crippen molar-refractivity contribution in [3.63, 3.8) is 0 Å². The predicted molar refractivity (Wildman–Crippen MR) is 66.5 cm³/mol. The molecule has 0 fully saturated rings. The van der Waals surface area contributed by atoms with Crippen LogP contribution in [0.2, 0.25) is 5.15 Å². The van der Waals surface area contributed by atoms with Crippen LogP contribution in [0, 0.1) is 13.8 Å². The molecular formula is C11H10ClN5O. The van der Waals surface area contributed by atoms with Gasteiger partial charge in [0.05, 0.1) is 17.0 Å². The molecule has 0 radical (unpaired) electrons. The number of halogens is 1. The second-order valence-electron chi connectivity index (χ2n) is 3.68. The molecular weight excluding hydrogens is 254 g/mol. The van der Waals surface area contributed by atoms with Crippen molar-refractivity contribution >= 4 is 23.3 Å². The van der Waals surface area contributed by atoms with E-state index < -0.39 is 0 Å². The quantitative estimate of drug-likeness (QED) is 0.893. The van der Waals surface area contributed by atoms with Gasteiger partial charge in [0.1, 0.15) is 0 Å². The minimum Gasteiger partial charge on any atom is -0.305 e. The van der Waals surface area contributed by atoms with Crippen molar-refractivity contribution in [2.45, 2.75) is 13.8 Å². The summed E-state index contributed by atoms with van der Waals surface area (Å²) in [5.41, 5.74) is 1.69. The molecule has 0 spiro atoms. The van der Waals surface area contributed by atoms with Crippen LogP contribution in [0.4, 0.5) is 5.82 Å². The Labute approximate surface area is 108 Å².